The molecule has 0 aliphatic heterocycles. The second-order valence-corrected chi connectivity index (χ2v) is 3.89. The van der Waals surface area contributed by atoms with E-state index >= 15 is 0 Å². The van der Waals surface area contributed by atoms with Gasteiger partial charge >= 0.3 is 0 Å². The number of pyridine rings is 1. The number of hydrogen-bond donors (Lipinski definition) is 0. The fourth-order valence-electron chi connectivity index (χ4n) is 1.61. The monoisotopic (exact) mass is 238 g/mol. The van der Waals surface area contributed by atoms with E-state index in [2.05, 4.69) is 11.1 Å². The molecule has 1 aromatic heterocycles. The van der Waals surface area contributed by atoms with Crippen LogP contribution in [0.25, 0.3) is 11.6 Å². The minimum Gasteiger partial charge on any atom is -0.256 e. The van der Waals surface area contributed by atoms with E-state index in [-0.39, 0.29) is 5.82 Å². The van der Waals surface area contributed by atoms with E-state index in [9.17, 15) is 4.39 Å². The van der Waals surface area contributed by atoms with Gasteiger partial charge in [-0.1, -0.05) is 12.1 Å². The minimum atomic E-state index is -0.247. The molecular weight excluding hydrogens is 227 g/mol. The number of nitrogens with zero attached hydrogens (tertiary/aromatic N) is 2. The van der Waals surface area contributed by atoms with Crippen LogP contribution in [0.4, 0.5) is 4.39 Å². The topological polar surface area (TPSA) is 36.7 Å². The molecule has 18 heavy (non-hydrogen) atoms. The van der Waals surface area contributed by atoms with Crippen LogP contribution in [0.15, 0.2) is 42.6 Å². The van der Waals surface area contributed by atoms with Crippen molar-refractivity contribution in [3.63, 3.8) is 0 Å². The van der Waals surface area contributed by atoms with E-state index in [1.807, 2.05) is 6.07 Å². The summed E-state index contributed by atoms with van der Waals surface area (Å²) in [7, 11) is 0. The Morgan fingerprint density at radius 2 is 2.17 bits per heavy atom. The Labute approximate surface area is 105 Å². The average molecular weight is 238 g/mol. The summed E-state index contributed by atoms with van der Waals surface area (Å²) in [5.74, 6) is -0.247. The Balaban J connectivity index is 2.42. The van der Waals surface area contributed by atoms with Crippen molar-refractivity contribution in [3.8, 4) is 6.07 Å². The zero-order chi connectivity index (χ0) is 13.0. The predicted octanol–water partition coefficient (Wildman–Crippen LogP) is 3.59. The summed E-state index contributed by atoms with van der Waals surface area (Å²) in [6.45, 7) is 1.69. The van der Waals surface area contributed by atoms with Gasteiger partial charge in [0.05, 0.1) is 11.3 Å². The summed E-state index contributed by atoms with van der Waals surface area (Å²) in [5, 5.41) is 9.13. The number of aryl methyl sites for hydroxylation is 1. The number of nitriles is 1. The van der Waals surface area contributed by atoms with Gasteiger partial charge < -0.3 is 0 Å². The summed E-state index contributed by atoms with van der Waals surface area (Å²) in [6, 6.07) is 12.2. The summed E-state index contributed by atoms with van der Waals surface area (Å²) in [6.07, 6.45) is 3.34. The number of hydrogen-bond acceptors (Lipinski definition) is 2. The van der Waals surface area contributed by atoms with Gasteiger partial charge in [0.2, 0.25) is 0 Å². The summed E-state index contributed by atoms with van der Waals surface area (Å²) in [4.78, 5) is 4.12. The van der Waals surface area contributed by atoms with Gasteiger partial charge in [-0.15, -0.1) is 0 Å². The van der Waals surface area contributed by atoms with Gasteiger partial charge in [-0.05, 0) is 48.4 Å². The Hall–Kier alpha value is -2.47. The molecule has 0 saturated carbocycles. The quantitative estimate of drug-likeness (QED) is 0.749. The highest BCUT2D eigenvalue weighted by Crippen LogP contribution is 2.17. The molecule has 2 rings (SSSR count). The molecule has 0 N–H and O–H groups in total. The van der Waals surface area contributed by atoms with E-state index in [0.717, 1.165) is 5.56 Å². The van der Waals surface area contributed by atoms with Crippen molar-refractivity contribution in [1.82, 2.24) is 4.98 Å². The molecule has 0 radical (unpaired) electrons. The summed E-state index contributed by atoms with van der Waals surface area (Å²) in [5.41, 5.74) is 2.42. The minimum absolute atomic E-state index is 0.247. The van der Waals surface area contributed by atoms with Gasteiger partial charge in [-0.25, -0.2) is 4.39 Å². The van der Waals surface area contributed by atoms with Crippen LogP contribution in [-0.4, -0.2) is 4.98 Å². The van der Waals surface area contributed by atoms with E-state index < -0.39 is 0 Å². The lowest BCUT2D eigenvalue weighted by Gasteiger charge is -2.00. The van der Waals surface area contributed by atoms with Crippen LogP contribution < -0.4 is 0 Å². The molecule has 0 atom stereocenters. The average Bonchev–Trinajstić information content (AvgIpc) is 2.41. The smallest absolute Gasteiger partial charge is 0.126 e. The van der Waals surface area contributed by atoms with Crippen molar-refractivity contribution >= 4 is 11.6 Å². The maximum Gasteiger partial charge on any atom is 0.126 e. The fraction of sp³-hybridized carbons (Fsp3) is 0.0667. The molecule has 0 amide bonds. The predicted molar refractivity (Wildman–Crippen MR) is 68.9 cm³/mol. The molecule has 0 aliphatic carbocycles. The Morgan fingerprint density at radius 3 is 2.78 bits per heavy atom. The number of benzene rings is 1. The third-order valence-electron chi connectivity index (χ3n) is 2.55. The molecule has 1 aromatic carbocycles. The second kappa shape index (κ2) is 5.24. The van der Waals surface area contributed by atoms with Gasteiger partial charge in [0, 0.05) is 6.20 Å². The molecule has 2 aromatic rings. The van der Waals surface area contributed by atoms with Crippen molar-refractivity contribution in [1.29, 1.82) is 5.26 Å². The molecule has 2 nitrogen and oxygen atoms in total. The second-order valence-electron chi connectivity index (χ2n) is 3.89. The molecule has 3 heteroatoms. The van der Waals surface area contributed by atoms with Crippen LogP contribution in [0.3, 0.4) is 0 Å². The van der Waals surface area contributed by atoms with Crippen LogP contribution >= 0.6 is 0 Å². The molecule has 1 heterocycles. The van der Waals surface area contributed by atoms with E-state index in [4.69, 9.17) is 5.26 Å². The zero-order valence-corrected chi connectivity index (χ0v) is 9.89. The molecule has 0 spiro atoms. The Kier molecular flexibility index (Phi) is 3.49. The lowest BCUT2D eigenvalue weighted by atomic mass is 10.1. The normalized spacial score (nSPS) is 11.1. The van der Waals surface area contributed by atoms with Gasteiger partial charge in [0.25, 0.3) is 0 Å². The maximum atomic E-state index is 13.1. The molecule has 0 fully saturated rings. The Morgan fingerprint density at radius 1 is 1.33 bits per heavy atom. The van der Waals surface area contributed by atoms with Crippen molar-refractivity contribution < 1.29 is 4.39 Å². The number of halogens is 1. The number of allylic oxidation sites excluding steroid dienone is 1. The van der Waals surface area contributed by atoms with Crippen LogP contribution in [-0.2, 0) is 0 Å². The van der Waals surface area contributed by atoms with Gasteiger partial charge in [0.15, 0.2) is 0 Å². The highest BCUT2D eigenvalue weighted by atomic mass is 19.1. The highest BCUT2D eigenvalue weighted by Gasteiger charge is 2.03. The standard InChI is InChI=1S/C15H11FN2/c1-11-8-12(5-6-14(11)16)9-13(10-17)15-4-2-3-7-18-15/h2-9H,1H3. The SMILES string of the molecule is Cc1cc(C=C(C#N)c2ccccn2)ccc1F. The van der Waals surface area contributed by atoms with E-state index in [0.29, 0.717) is 16.8 Å². The van der Waals surface area contributed by atoms with E-state index in [1.54, 1.807) is 43.5 Å². The van der Waals surface area contributed by atoms with Crippen LogP contribution in [0.1, 0.15) is 16.8 Å². The van der Waals surface area contributed by atoms with Crippen molar-refractivity contribution in [2.75, 3.05) is 0 Å². The first-order valence-electron chi connectivity index (χ1n) is 5.50. The highest BCUT2D eigenvalue weighted by molar-refractivity contribution is 5.88. The third kappa shape index (κ3) is 2.61. The van der Waals surface area contributed by atoms with Crippen molar-refractivity contribution in [2.24, 2.45) is 0 Å². The largest absolute Gasteiger partial charge is 0.256 e. The maximum absolute atomic E-state index is 13.1. The zero-order valence-electron chi connectivity index (χ0n) is 9.89. The first-order valence-corrected chi connectivity index (χ1v) is 5.50. The first-order chi connectivity index (χ1) is 8.70. The van der Waals surface area contributed by atoms with Crippen LogP contribution in [0.2, 0.25) is 0 Å². The molecule has 0 unspecified atom stereocenters. The van der Waals surface area contributed by atoms with Gasteiger partial charge in [0.1, 0.15) is 11.9 Å². The van der Waals surface area contributed by atoms with Crippen molar-refractivity contribution in [2.45, 2.75) is 6.92 Å². The third-order valence-corrected chi connectivity index (χ3v) is 2.55. The fourth-order valence-corrected chi connectivity index (χ4v) is 1.61. The molecule has 0 aliphatic rings. The lowest BCUT2D eigenvalue weighted by Crippen LogP contribution is -1.87. The number of rotatable bonds is 2. The van der Waals surface area contributed by atoms with Crippen molar-refractivity contribution in [3.05, 3.63) is 65.2 Å². The molecule has 0 saturated heterocycles. The Bertz CT molecular complexity index is 625. The van der Waals surface area contributed by atoms with E-state index in [1.165, 1.54) is 6.07 Å². The van der Waals surface area contributed by atoms with Crippen LogP contribution in [0, 0.1) is 24.1 Å². The lowest BCUT2D eigenvalue weighted by molar-refractivity contribution is 0.618. The summed E-state index contributed by atoms with van der Waals surface area (Å²) < 4.78 is 13.1. The summed E-state index contributed by atoms with van der Waals surface area (Å²) >= 11 is 0. The van der Waals surface area contributed by atoms with Gasteiger partial charge in [-0.3, -0.25) is 4.98 Å². The van der Waals surface area contributed by atoms with Crippen LogP contribution in [0.5, 0.6) is 0 Å². The van der Waals surface area contributed by atoms with Gasteiger partial charge in [-0.2, -0.15) is 5.26 Å². The molecule has 88 valence electrons. The molecular formula is C15H11FN2. The number of aromatic nitrogens is 1. The molecule has 0 bridgehead atoms. The first kappa shape index (κ1) is 12.0.